The fraction of sp³-hybridized carbons (Fsp3) is 0.522. The normalized spacial score (nSPS) is 18.8. The van der Waals surface area contributed by atoms with Gasteiger partial charge in [0.2, 0.25) is 5.91 Å². The summed E-state index contributed by atoms with van der Waals surface area (Å²) >= 11 is 2.45. The van der Waals surface area contributed by atoms with Crippen molar-refractivity contribution in [3.63, 3.8) is 0 Å². The molecule has 1 unspecified atom stereocenters. The Morgan fingerprint density at radius 3 is 2.69 bits per heavy atom. The fourth-order valence-electron chi connectivity index (χ4n) is 4.57. The maximum Gasteiger partial charge on any atom is 0.414 e. The van der Waals surface area contributed by atoms with E-state index in [9.17, 15) is 22.8 Å². The van der Waals surface area contributed by atoms with Crippen molar-refractivity contribution >= 4 is 55.6 Å². The number of imide groups is 1. The van der Waals surface area contributed by atoms with E-state index >= 15 is 0 Å². The zero-order valence-corrected chi connectivity index (χ0v) is 22.0. The van der Waals surface area contributed by atoms with Crippen LogP contribution in [0.3, 0.4) is 0 Å². The van der Waals surface area contributed by atoms with Gasteiger partial charge in [-0.15, -0.1) is 22.7 Å². The number of ether oxygens (including phenoxy) is 1. The molecule has 12 heteroatoms. The first kappa shape index (κ1) is 25.8. The average Bonchev–Trinajstić information content (AvgIpc) is 3.43. The lowest BCUT2D eigenvalue weighted by molar-refractivity contribution is -0.120. The van der Waals surface area contributed by atoms with Crippen molar-refractivity contribution in [2.45, 2.75) is 68.5 Å². The van der Waals surface area contributed by atoms with Crippen LogP contribution in [0.15, 0.2) is 21.7 Å². The lowest BCUT2D eigenvalue weighted by atomic mass is 10.0. The molecule has 0 radical (unpaired) electrons. The molecule has 2 aromatic rings. The number of anilines is 1. The molecule has 0 aromatic carbocycles. The molecule has 190 valence electrons. The molecule has 0 spiro atoms. The maximum atomic E-state index is 13.4. The number of aryl methyl sites for hydroxylation is 1. The second-order valence-electron chi connectivity index (χ2n) is 8.49. The number of amides is 3. The molecule has 1 aliphatic carbocycles. The summed E-state index contributed by atoms with van der Waals surface area (Å²) in [7, 11) is -3.81. The van der Waals surface area contributed by atoms with Crippen molar-refractivity contribution in [2.24, 2.45) is 0 Å². The summed E-state index contributed by atoms with van der Waals surface area (Å²) in [5.74, 6) is -1.09. The topological polar surface area (TPSA) is 122 Å². The molecule has 4 rings (SSSR count). The molecule has 3 heterocycles. The number of sulfonamides is 1. The van der Waals surface area contributed by atoms with Crippen LogP contribution in [0, 0.1) is 0 Å². The predicted octanol–water partition coefficient (Wildman–Crippen LogP) is 4.15. The molecule has 9 nitrogen and oxygen atoms in total. The molecule has 2 aromatic heterocycles. The van der Waals surface area contributed by atoms with E-state index in [1.165, 1.54) is 21.7 Å². The molecule has 0 bridgehead atoms. The van der Waals surface area contributed by atoms with Crippen LogP contribution in [0.1, 0.15) is 66.2 Å². The maximum absolute atomic E-state index is 13.4. The van der Waals surface area contributed by atoms with Crippen LogP contribution in [0.2, 0.25) is 0 Å². The van der Waals surface area contributed by atoms with Crippen molar-refractivity contribution in [3.8, 4) is 0 Å². The first-order valence-electron chi connectivity index (χ1n) is 11.8. The standard InChI is InChI=1S/C23H29N3O6S3/c1-2-32-23(29)25-21(28)19-15-9-4-3-5-11-17(15)34-22(19)24-20(27)16-10-6-7-13-26(16)35(30,31)18-12-8-14-33-18/h8,12,14,16H,2-7,9-11,13H2,1H3,(H,24,27)(H,25,28,29). The second-order valence-corrected chi connectivity index (χ2v) is 12.7. The van der Waals surface area contributed by atoms with Crippen LogP contribution >= 0.6 is 22.7 Å². The number of nitrogens with one attached hydrogen (secondary N) is 2. The Morgan fingerprint density at radius 2 is 1.94 bits per heavy atom. The van der Waals surface area contributed by atoms with Crippen molar-refractivity contribution in [1.29, 1.82) is 0 Å². The second kappa shape index (κ2) is 11.2. The van der Waals surface area contributed by atoms with Gasteiger partial charge >= 0.3 is 6.09 Å². The summed E-state index contributed by atoms with van der Waals surface area (Å²) in [6, 6.07) is 2.33. The highest BCUT2D eigenvalue weighted by Gasteiger charge is 2.39. The number of carbonyl (C=O) groups is 3. The first-order valence-corrected chi connectivity index (χ1v) is 15.0. The van der Waals surface area contributed by atoms with Crippen LogP contribution < -0.4 is 10.6 Å². The highest BCUT2D eigenvalue weighted by Crippen LogP contribution is 2.38. The Hall–Kier alpha value is -2.28. The smallest absolute Gasteiger partial charge is 0.414 e. The largest absolute Gasteiger partial charge is 0.450 e. The molecule has 0 saturated carbocycles. The van der Waals surface area contributed by atoms with E-state index in [1.807, 2.05) is 0 Å². The molecule has 1 aliphatic heterocycles. The van der Waals surface area contributed by atoms with E-state index in [0.29, 0.717) is 24.3 Å². The SMILES string of the molecule is CCOC(=O)NC(=O)c1c(NC(=O)C2CCCCN2S(=O)(=O)c2cccs2)sc2c1CCCCC2. The van der Waals surface area contributed by atoms with Crippen LogP contribution in [-0.4, -0.2) is 49.8 Å². The van der Waals surface area contributed by atoms with Gasteiger partial charge in [-0.1, -0.05) is 18.9 Å². The molecule has 35 heavy (non-hydrogen) atoms. The van der Waals surface area contributed by atoms with E-state index in [1.54, 1.807) is 18.4 Å². The summed E-state index contributed by atoms with van der Waals surface area (Å²) < 4.78 is 32.8. The van der Waals surface area contributed by atoms with Gasteiger partial charge < -0.3 is 10.1 Å². The Morgan fingerprint density at radius 1 is 1.14 bits per heavy atom. The van der Waals surface area contributed by atoms with Crippen LogP contribution in [-0.2, 0) is 32.4 Å². The van der Waals surface area contributed by atoms with Gasteiger partial charge in [0.1, 0.15) is 15.3 Å². The zero-order valence-electron chi connectivity index (χ0n) is 19.5. The minimum atomic E-state index is -3.81. The Balaban J connectivity index is 1.62. The quantitative estimate of drug-likeness (QED) is 0.532. The molecule has 3 amide bonds. The van der Waals surface area contributed by atoms with Crippen molar-refractivity contribution < 1.29 is 27.5 Å². The molecule has 2 aliphatic rings. The minimum absolute atomic E-state index is 0.126. The molecule has 2 N–H and O–H groups in total. The highest BCUT2D eigenvalue weighted by atomic mass is 32.2. The Kier molecular flexibility index (Phi) is 8.25. The number of alkyl carbamates (subject to hydrolysis) is 1. The number of hydrogen-bond acceptors (Lipinski definition) is 8. The number of carbonyl (C=O) groups excluding carboxylic acids is 3. The van der Waals surface area contributed by atoms with Crippen molar-refractivity contribution in [3.05, 3.63) is 33.5 Å². The lowest BCUT2D eigenvalue weighted by Gasteiger charge is -2.33. The van der Waals surface area contributed by atoms with Gasteiger partial charge in [-0.05, 0) is 62.5 Å². The van der Waals surface area contributed by atoms with Gasteiger partial charge in [-0.3, -0.25) is 14.9 Å². The molecular weight excluding hydrogens is 510 g/mol. The molecular formula is C23H29N3O6S3. The van der Waals surface area contributed by atoms with E-state index in [2.05, 4.69) is 10.6 Å². The Labute approximate surface area is 212 Å². The first-order chi connectivity index (χ1) is 16.8. The number of fused-ring (bicyclic) bond motifs is 1. The van der Waals surface area contributed by atoms with Crippen LogP contribution in [0.5, 0.6) is 0 Å². The van der Waals surface area contributed by atoms with Gasteiger partial charge in [-0.25, -0.2) is 13.2 Å². The molecule has 1 saturated heterocycles. The van der Waals surface area contributed by atoms with Crippen molar-refractivity contribution in [2.75, 3.05) is 18.5 Å². The minimum Gasteiger partial charge on any atom is -0.450 e. The number of nitrogens with zero attached hydrogens (tertiary/aromatic N) is 1. The van der Waals surface area contributed by atoms with Crippen molar-refractivity contribution in [1.82, 2.24) is 9.62 Å². The number of rotatable bonds is 6. The highest BCUT2D eigenvalue weighted by molar-refractivity contribution is 7.91. The van der Waals surface area contributed by atoms with Crippen LogP contribution in [0.4, 0.5) is 9.80 Å². The zero-order chi connectivity index (χ0) is 25.0. The fourth-order valence-corrected chi connectivity index (χ4v) is 8.63. The van der Waals surface area contributed by atoms with Gasteiger partial charge in [0, 0.05) is 11.4 Å². The molecule has 1 atom stereocenters. The van der Waals surface area contributed by atoms with E-state index in [-0.39, 0.29) is 22.9 Å². The van der Waals surface area contributed by atoms with Gasteiger partial charge in [0.25, 0.3) is 15.9 Å². The number of piperidine rings is 1. The monoisotopic (exact) mass is 539 g/mol. The number of thiophene rings is 2. The van der Waals surface area contributed by atoms with E-state index < -0.39 is 34.0 Å². The Bertz CT molecular complexity index is 1190. The molecule has 1 fully saturated rings. The van der Waals surface area contributed by atoms with E-state index in [0.717, 1.165) is 53.9 Å². The lowest BCUT2D eigenvalue weighted by Crippen LogP contribution is -2.49. The van der Waals surface area contributed by atoms with E-state index in [4.69, 9.17) is 4.74 Å². The summed E-state index contributed by atoms with van der Waals surface area (Å²) in [4.78, 5) is 39.4. The average molecular weight is 540 g/mol. The van der Waals surface area contributed by atoms with Gasteiger partial charge in [-0.2, -0.15) is 4.31 Å². The third-order valence-electron chi connectivity index (χ3n) is 6.19. The predicted molar refractivity (Wildman–Crippen MR) is 135 cm³/mol. The van der Waals surface area contributed by atoms with Gasteiger partial charge in [0.15, 0.2) is 0 Å². The summed E-state index contributed by atoms with van der Waals surface area (Å²) in [5, 5.41) is 7.15. The number of hydrogen-bond donors (Lipinski definition) is 2. The van der Waals surface area contributed by atoms with Crippen LogP contribution in [0.25, 0.3) is 0 Å². The summed E-state index contributed by atoms with van der Waals surface area (Å²) in [6.07, 6.45) is 5.35. The third kappa shape index (κ3) is 5.60. The third-order valence-corrected chi connectivity index (χ3v) is 10.7. The van der Waals surface area contributed by atoms with Gasteiger partial charge in [0.05, 0.1) is 12.2 Å². The summed E-state index contributed by atoms with van der Waals surface area (Å²) in [5.41, 5.74) is 1.12. The summed E-state index contributed by atoms with van der Waals surface area (Å²) in [6.45, 7) is 2.03.